The number of likely N-dealkylation sites (tertiary alicyclic amines) is 1. The van der Waals surface area contributed by atoms with E-state index in [1.54, 1.807) is 37.5 Å². The molecule has 2 amide bonds. The molecule has 1 fully saturated rings. The van der Waals surface area contributed by atoms with Gasteiger partial charge in [0.25, 0.3) is 5.56 Å². The molecule has 8 heteroatoms. The number of nitrogens with zero attached hydrogens (tertiary/aromatic N) is 4. The summed E-state index contributed by atoms with van der Waals surface area (Å²) in [7, 11) is 0. The molecular formula is C19H23N5O3. The lowest BCUT2D eigenvalue weighted by atomic mass is 10.2. The van der Waals surface area contributed by atoms with Crippen LogP contribution in [-0.4, -0.2) is 51.1 Å². The van der Waals surface area contributed by atoms with Crippen molar-refractivity contribution in [3.8, 4) is 11.3 Å². The number of carbonyl (C=O) groups excluding carboxylic acids is 2. The first-order valence-electron chi connectivity index (χ1n) is 9.12. The number of hydrogen-bond acceptors (Lipinski definition) is 5. The van der Waals surface area contributed by atoms with E-state index in [0.29, 0.717) is 31.6 Å². The fourth-order valence-electron chi connectivity index (χ4n) is 3.06. The highest BCUT2D eigenvalue weighted by Gasteiger charge is 2.20. The van der Waals surface area contributed by atoms with Gasteiger partial charge in [-0.05, 0) is 38.0 Å². The standard InChI is InChI=1S/C19H23N5O3/c1-14(19(27)21-9-3-13-23-12-2-4-17(23)25)24-18(26)6-5-16(22-24)15-7-10-20-11-8-15/h5-8,10-11,14H,2-4,9,12-13H2,1H3,(H,21,27). The summed E-state index contributed by atoms with van der Waals surface area (Å²) in [5, 5.41) is 7.15. The quantitative estimate of drug-likeness (QED) is 0.734. The van der Waals surface area contributed by atoms with Crippen molar-refractivity contribution in [2.24, 2.45) is 0 Å². The van der Waals surface area contributed by atoms with Crippen molar-refractivity contribution in [3.63, 3.8) is 0 Å². The Balaban J connectivity index is 1.59. The minimum absolute atomic E-state index is 0.179. The number of nitrogens with one attached hydrogen (secondary N) is 1. The van der Waals surface area contributed by atoms with Gasteiger partial charge in [0.05, 0.1) is 5.69 Å². The van der Waals surface area contributed by atoms with E-state index in [0.717, 1.165) is 18.5 Å². The third-order valence-corrected chi connectivity index (χ3v) is 4.62. The third kappa shape index (κ3) is 4.58. The van der Waals surface area contributed by atoms with Gasteiger partial charge in [-0.25, -0.2) is 4.68 Å². The number of rotatable bonds is 7. The van der Waals surface area contributed by atoms with Crippen LogP contribution in [0.3, 0.4) is 0 Å². The molecule has 8 nitrogen and oxygen atoms in total. The zero-order valence-corrected chi connectivity index (χ0v) is 15.3. The van der Waals surface area contributed by atoms with E-state index in [1.807, 2.05) is 4.90 Å². The molecular weight excluding hydrogens is 346 g/mol. The summed E-state index contributed by atoms with van der Waals surface area (Å²) in [5.41, 5.74) is 1.09. The van der Waals surface area contributed by atoms with Gasteiger partial charge in [0.15, 0.2) is 0 Å². The maximum Gasteiger partial charge on any atom is 0.267 e. The average molecular weight is 369 g/mol. The van der Waals surface area contributed by atoms with Crippen LogP contribution in [0.4, 0.5) is 0 Å². The lowest BCUT2D eigenvalue weighted by Crippen LogP contribution is -2.38. The molecule has 1 N–H and O–H groups in total. The Kier molecular flexibility index (Phi) is 5.95. The first kappa shape index (κ1) is 18.8. The Morgan fingerprint density at radius 2 is 2.00 bits per heavy atom. The normalized spacial score (nSPS) is 15.0. The summed E-state index contributed by atoms with van der Waals surface area (Å²) in [6, 6.07) is 5.90. The van der Waals surface area contributed by atoms with Crippen molar-refractivity contribution < 1.29 is 9.59 Å². The SMILES string of the molecule is CC(C(=O)NCCCN1CCCC1=O)n1nc(-c2ccncc2)ccc1=O. The van der Waals surface area contributed by atoms with Crippen LogP contribution in [0.1, 0.15) is 32.2 Å². The van der Waals surface area contributed by atoms with Gasteiger partial charge in [-0.2, -0.15) is 5.10 Å². The van der Waals surface area contributed by atoms with Gasteiger partial charge >= 0.3 is 0 Å². The second-order valence-corrected chi connectivity index (χ2v) is 6.54. The highest BCUT2D eigenvalue weighted by Crippen LogP contribution is 2.14. The number of carbonyl (C=O) groups is 2. The molecule has 0 radical (unpaired) electrons. The molecule has 0 aromatic carbocycles. The average Bonchev–Trinajstić information content (AvgIpc) is 3.10. The fraction of sp³-hybridized carbons (Fsp3) is 0.421. The molecule has 1 aliphatic heterocycles. The molecule has 142 valence electrons. The molecule has 2 aromatic rings. The molecule has 0 saturated carbocycles. The van der Waals surface area contributed by atoms with Gasteiger partial charge < -0.3 is 10.2 Å². The van der Waals surface area contributed by atoms with Crippen molar-refractivity contribution in [2.45, 2.75) is 32.2 Å². The first-order valence-corrected chi connectivity index (χ1v) is 9.12. The molecule has 1 saturated heterocycles. The van der Waals surface area contributed by atoms with Crippen LogP contribution >= 0.6 is 0 Å². The molecule has 1 atom stereocenters. The van der Waals surface area contributed by atoms with Crippen molar-refractivity contribution >= 4 is 11.8 Å². The molecule has 2 aromatic heterocycles. The van der Waals surface area contributed by atoms with Crippen molar-refractivity contribution in [2.75, 3.05) is 19.6 Å². The molecule has 27 heavy (non-hydrogen) atoms. The Morgan fingerprint density at radius 1 is 1.22 bits per heavy atom. The molecule has 3 heterocycles. The number of amides is 2. The summed E-state index contributed by atoms with van der Waals surface area (Å²) in [4.78, 5) is 41.9. The molecule has 1 aliphatic rings. The smallest absolute Gasteiger partial charge is 0.267 e. The van der Waals surface area contributed by atoms with Crippen LogP contribution in [0.15, 0.2) is 41.5 Å². The highest BCUT2D eigenvalue weighted by atomic mass is 16.2. The lowest BCUT2D eigenvalue weighted by molar-refractivity contribution is -0.127. The predicted molar refractivity (Wildman–Crippen MR) is 99.9 cm³/mol. The van der Waals surface area contributed by atoms with Gasteiger partial charge in [-0.3, -0.25) is 19.4 Å². The second-order valence-electron chi connectivity index (χ2n) is 6.54. The summed E-state index contributed by atoms with van der Waals surface area (Å²) in [5.74, 6) is -0.0948. The van der Waals surface area contributed by atoms with Crippen LogP contribution < -0.4 is 10.9 Å². The highest BCUT2D eigenvalue weighted by molar-refractivity contribution is 5.80. The maximum absolute atomic E-state index is 12.4. The molecule has 0 spiro atoms. The number of aromatic nitrogens is 3. The minimum Gasteiger partial charge on any atom is -0.354 e. The van der Waals surface area contributed by atoms with E-state index in [1.165, 1.54) is 10.7 Å². The molecule has 0 aliphatic carbocycles. The van der Waals surface area contributed by atoms with Crippen molar-refractivity contribution in [3.05, 3.63) is 47.0 Å². The van der Waals surface area contributed by atoms with Crippen LogP contribution in [0.5, 0.6) is 0 Å². The first-order chi connectivity index (χ1) is 13.1. The zero-order chi connectivity index (χ0) is 19.2. The third-order valence-electron chi connectivity index (χ3n) is 4.62. The van der Waals surface area contributed by atoms with Crippen LogP contribution in [0.2, 0.25) is 0 Å². The van der Waals surface area contributed by atoms with E-state index >= 15 is 0 Å². The Labute approximate surface area is 157 Å². The summed E-state index contributed by atoms with van der Waals surface area (Å²) in [6.07, 6.45) is 5.50. The van der Waals surface area contributed by atoms with Crippen molar-refractivity contribution in [1.82, 2.24) is 25.0 Å². The van der Waals surface area contributed by atoms with Crippen molar-refractivity contribution in [1.29, 1.82) is 0 Å². The number of pyridine rings is 1. The Bertz CT molecular complexity index is 865. The van der Waals surface area contributed by atoms with Crippen LogP contribution in [0, 0.1) is 0 Å². The van der Waals surface area contributed by atoms with Gasteiger partial charge in [0, 0.05) is 50.1 Å². The summed E-state index contributed by atoms with van der Waals surface area (Å²) in [6.45, 7) is 3.53. The molecule has 0 bridgehead atoms. The van der Waals surface area contributed by atoms with E-state index in [-0.39, 0.29) is 17.4 Å². The van der Waals surface area contributed by atoms with E-state index in [9.17, 15) is 14.4 Å². The van der Waals surface area contributed by atoms with Gasteiger partial charge in [0.2, 0.25) is 11.8 Å². The monoisotopic (exact) mass is 369 g/mol. The molecule has 1 unspecified atom stereocenters. The predicted octanol–water partition coefficient (Wildman–Crippen LogP) is 0.995. The van der Waals surface area contributed by atoms with E-state index in [4.69, 9.17) is 0 Å². The van der Waals surface area contributed by atoms with Gasteiger partial charge in [-0.1, -0.05) is 0 Å². The summed E-state index contributed by atoms with van der Waals surface area (Å²) >= 11 is 0. The second kappa shape index (κ2) is 8.57. The lowest BCUT2D eigenvalue weighted by Gasteiger charge is -2.17. The Morgan fingerprint density at radius 3 is 2.70 bits per heavy atom. The summed E-state index contributed by atoms with van der Waals surface area (Å²) < 4.78 is 1.19. The topological polar surface area (TPSA) is 97.2 Å². The van der Waals surface area contributed by atoms with Crippen LogP contribution in [-0.2, 0) is 9.59 Å². The molecule has 3 rings (SSSR count). The fourth-order valence-corrected chi connectivity index (χ4v) is 3.06. The van der Waals surface area contributed by atoms with Crippen LogP contribution in [0.25, 0.3) is 11.3 Å². The largest absolute Gasteiger partial charge is 0.354 e. The van der Waals surface area contributed by atoms with E-state index < -0.39 is 6.04 Å². The van der Waals surface area contributed by atoms with Gasteiger partial charge in [0.1, 0.15) is 6.04 Å². The maximum atomic E-state index is 12.4. The minimum atomic E-state index is -0.729. The Hall–Kier alpha value is -3.03. The number of hydrogen-bond donors (Lipinski definition) is 1. The van der Waals surface area contributed by atoms with E-state index in [2.05, 4.69) is 15.4 Å². The van der Waals surface area contributed by atoms with Gasteiger partial charge in [-0.15, -0.1) is 0 Å². The zero-order valence-electron chi connectivity index (χ0n) is 15.3.